The van der Waals surface area contributed by atoms with Crippen LogP contribution in [0.1, 0.15) is 39.5 Å². The monoisotopic (exact) mass is 243 g/mol. The highest BCUT2D eigenvalue weighted by Crippen LogP contribution is 2.24. The summed E-state index contributed by atoms with van der Waals surface area (Å²) in [5, 5.41) is 9.43. The van der Waals surface area contributed by atoms with E-state index in [1.54, 1.807) is 14.0 Å². The Morgan fingerprint density at radius 1 is 1.53 bits per heavy atom. The zero-order chi connectivity index (χ0) is 12.8. The first kappa shape index (κ1) is 14.5. The average molecular weight is 243 g/mol. The smallest absolute Gasteiger partial charge is 0.225 e. The van der Waals surface area contributed by atoms with Gasteiger partial charge in [-0.15, -0.1) is 0 Å². The number of hydrogen-bond donors (Lipinski definition) is 1. The number of ether oxygens (including phenoxy) is 1. The molecule has 1 N–H and O–H groups in total. The van der Waals surface area contributed by atoms with Gasteiger partial charge in [0, 0.05) is 32.2 Å². The maximum Gasteiger partial charge on any atom is 0.225 e. The molecular weight excluding hydrogens is 218 g/mol. The lowest BCUT2D eigenvalue weighted by molar-refractivity contribution is -0.136. The van der Waals surface area contributed by atoms with Gasteiger partial charge in [0.05, 0.1) is 6.10 Å². The van der Waals surface area contributed by atoms with E-state index in [2.05, 4.69) is 0 Å². The van der Waals surface area contributed by atoms with Crippen LogP contribution in [0, 0.1) is 5.92 Å². The maximum absolute atomic E-state index is 12.2. The largest absolute Gasteiger partial charge is 0.393 e. The molecule has 3 atom stereocenters. The second-order valence-corrected chi connectivity index (χ2v) is 5.09. The fraction of sp³-hybridized carbons (Fsp3) is 0.923. The number of aliphatic hydroxyl groups excluding tert-OH is 1. The van der Waals surface area contributed by atoms with Crippen LogP contribution in [0.2, 0.25) is 0 Å². The van der Waals surface area contributed by atoms with E-state index in [0.717, 1.165) is 25.8 Å². The number of aliphatic hydroxyl groups is 1. The molecule has 1 amide bonds. The minimum atomic E-state index is -0.331. The standard InChI is InChI=1S/C13H25NO3/c1-10(6-8-17-3)13(16)14-7-4-5-12(14)9-11(2)15/h10-12,15H,4-9H2,1-3H3. The van der Waals surface area contributed by atoms with Crippen LogP contribution >= 0.6 is 0 Å². The Bertz CT molecular complexity index is 243. The Morgan fingerprint density at radius 2 is 2.24 bits per heavy atom. The minimum absolute atomic E-state index is 0.0181. The van der Waals surface area contributed by atoms with E-state index >= 15 is 0 Å². The Kier molecular flexibility index (Phi) is 5.92. The van der Waals surface area contributed by atoms with Gasteiger partial charge in [-0.05, 0) is 32.6 Å². The number of hydrogen-bond acceptors (Lipinski definition) is 3. The van der Waals surface area contributed by atoms with Gasteiger partial charge >= 0.3 is 0 Å². The number of carbonyl (C=O) groups excluding carboxylic acids is 1. The molecule has 17 heavy (non-hydrogen) atoms. The number of likely N-dealkylation sites (tertiary alicyclic amines) is 1. The molecule has 1 rings (SSSR count). The number of methoxy groups -OCH3 is 1. The molecule has 0 aromatic rings. The molecule has 0 saturated carbocycles. The summed E-state index contributed by atoms with van der Waals surface area (Å²) < 4.78 is 5.01. The number of carbonyl (C=O) groups is 1. The fourth-order valence-electron chi connectivity index (χ4n) is 2.47. The molecule has 4 heteroatoms. The third kappa shape index (κ3) is 4.28. The normalized spacial score (nSPS) is 23.8. The molecular formula is C13H25NO3. The van der Waals surface area contributed by atoms with Crippen molar-refractivity contribution in [1.29, 1.82) is 0 Å². The zero-order valence-corrected chi connectivity index (χ0v) is 11.2. The molecule has 0 bridgehead atoms. The van der Waals surface area contributed by atoms with Gasteiger partial charge in [-0.3, -0.25) is 4.79 Å². The summed E-state index contributed by atoms with van der Waals surface area (Å²) >= 11 is 0. The van der Waals surface area contributed by atoms with Crippen LogP contribution in [0.3, 0.4) is 0 Å². The lowest BCUT2D eigenvalue weighted by Gasteiger charge is -2.28. The number of rotatable bonds is 6. The molecule has 0 aromatic carbocycles. The van der Waals surface area contributed by atoms with Crippen molar-refractivity contribution in [2.75, 3.05) is 20.3 Å². The molecule has 0 aromatic heterocycles. The molecule has 1 aliphatic heterocycles. The van der Waals surface area contributed by atoms with Gasteiger partial charge in [-0.1, -0.05) is 6.92 Å². The first-order chi connectivity index (χ1) is 8.06. The van der Waals surface area contributed by atoms with Crippen molar-refractivity contribution in [3.05, 3.63) is 0 Å². The molecule has 1 saturated heterocycles. The van der Waals surface area contributed by atoms with Gasteiger partial charge in [-0.25, -0.2) is 0 Å². The molecule has 1 aliphatic rings. The summed E-state index contributed by atoms with van der Waals surface area (Å²) in [6.45, 7) is 5.21. The first-order valence-corrected chi connectivity index (χ1v) is 6.53. The Labute approximate surface area is 104 Å². The fourth-order valence-corrected chi connectivity index (χ4v) is 2.47. The van der Waals surface area contributed by atoms with Crippen molar-refractivity contribution >= 4 is 5.91 Å². The first-order valence-electron chi connectivity index (χ1n) is 6.53. The highest BCUT2D eigenvalue weighted by molar-refractivity contribution is 5.79. The summed E-state index contributed by atoms with van der Waals surface area (Å²) in [4.78, 5) is 14.2. The van der Waals surface area contributed by atoms with E-state index in [9.17, 15) is 9.90 Å². The van der Waals surface area contributed by atoms with Crippen molar-refractivity contribution in [2.45, 2.75) is 51.7 Å². The van der Waals surface area contributed by atoms with E-state index in [1.807, 2.05) is 11.8 Å². The lowest BCUT2D eigenvalue weighted by atomic mass is 10.0. The lowest BCUT2D eigenvalue weighted by Crippen LogP contribution is -2.40. The number of nitrogens with zero attached hydrogens (tertiary/aromatic N) is 1. The molecule has 3 unspecified atom stereocenters. The predicted molar refractivity (Wildman–Crippen MR) is 66.7 cm³/mol. The van der Waals surface area contributed by atoms with Gasteiger partial charge in [-0.2, -0.15) is 0 Å². The van der Waals surface area contributed by atoms with Crippen LogP contribution in [-0.2, 0) is 9.53 Å². The molecule has 0 spiro atoms. The van der Waals surface area contributed by atoms with E-state index in [0.29, 0.717) is 13.0 Å². The van der Waals surface area contributed by atoms with E-state index in [4.69, 9.17) is 4.74 Å². The third-order valence-corrected chi connectivity index (χ3v) is 3.45. The van der Waals surface area contributed by atoms with Crippen molar-refractivity contribution in [1.82, 2.24) is 4.90 Å². The van der Waals surface area contributed by atoms with Gasteiger partial charge < -0.3 is 14.7 Å². The summed E-state index contributed by atoms with van der Waals surface area (Å²) in [7, 11) is 1.66. The highest BCUT2D eigenvalue weighted by Gasteiger charge is 2.31. The van der Waals surface area contributed by atoms with Gasteiger partial charge in [0.15, 0.2) is 0 Å². The molecule has 4 nitrogen and oxygen atoms in total. The SMILES string of the molecule is COCCC(C)C(=O)N1CCCC1CC(C)O. The number of amides is 1. The quantitative estimate of drug-likeness (QED) is 0.767. The van der Waals surface area contributed by atoms with Crippen LogP contribution < -0.4 is 0 Å². The van der Waals surface area contributed by atoms with E-state index < -0.39 is 0 Å². The van der Waals surface area contributed by atoms with Gasteiger partial charge in [0.1, 0.15) is 0 Å². The van der Waals surface area contributed by atoms with Crippen LogP contribution in [0.25, 0.3) is 0 Å². The van der Waals surface area contributed by atoms with E-state index in [1.165, 1.54) is 0 Å². The van der Waals surface area contributed by atoms with Crippen molar-refractivity contribution in [2.24, 2.45) is 5.92 Å². The van der Waals surface area contributed by atoms with Crippen molar-refractivity contribution < 1.29 is 14.6 Å². The molecule has 0 aliphatic carbocycles. The summed E-state index contributed by atoms with van der Waals surface area (Å²) in [5.74, 6) is 0.231. The second-order valence-electron chi connectivity index (χ2n) is 5.09. The summed E-state index contributed by atoms with van der Waals surface area (Å²) in [6.07, 6.45) is 3.21. The van der Waals surface area contributed by atoms with Crippen LogP contribution in [0.5, 0.6) is 0 Å². The Morgan fingerprint density at radius 3 is 2.82 bits per heavy atom. The minimum Gasteiger partial charge on any atom is -0.393 e. The van der Waals surface area contributed by atoms with Crippen LogP contribution in [0.4, 0.5) is 0 Å². The summed E-state index contributed by atoms with van der Waals surface area (Å²) in [6, 6.07) is 0.229. The topological polar surface area (TPSA) is 49.8 Å². The summed E-state index contributed by atoms with van der Waals surface area (Å²) in [5.41, 5.74) is 0. The molecule has 100 valence electrons. The maximum atomic E-state index is 12.2. The van der Waals surface area contributed by atoms with E-state index in [-0.39, 0.29) is 24.0 Å². The average Bonchev–Trinajstić information content (AvgIpc) is 2.71. The second kappa shape index (κ2) is 6.97. The van der Waals surface area contributed by atoms with Crippen LogP contribution in [0.15, 0.2) is 0 Å². The van der Waals surface area contributed by atoms with Gasteiger partial charge in [0.2, 0.25) is 5.91 Å². The Hall–Kier alpha value is -0.610. The van der Waals surface area contributed by atoms with Gasteiger partial charge in [0.25, 0.3) is 0 Å². The Balaban J connectivity index is 2.49. The highest BCUT2D eigenvalue weighted by atomic mass is 16.5. The van der Waals surface area contributed by atoms with Crippen molar-refractivity contribution in [3.8, 4) is 0 Å². The third-order valence-electron chi connectivity index (χ3n) is 3.45. The van der Waals surface area contributed by atoms with Crippen LogP contribution in [-0.4, -0.2) is 48.3 Å². The molecule has 1 heterocycles. The molecule has 1 fully saturated rings. The zero-order valence-electron chi connectivity index (χ0n) is 11.2. The molecule has 0 radical (unpaired) electrons. The predicted octanol–water partition coefficient (Wildman–Crippen LogP) is 1.42. The van der Waals surface area contributed by atoms with Crippen molar-refractivity contribution in [3.63, 3.8) is 0 Å².